The molecule has 2 aromatic carbocycles. The lowest BCUT2D eigenvalue weighted by atomic mass is 9.90. The number of amides is 1. The molecule has 144 valence electrons. The Hall–Kier alpha value is -2.95. The summed E-state index contributed by atoms with van der Waals surface area (Å²) in [5.41, 5.74) is 4.37. The summed E-state index contributed by atoms with van der Waals surface area (Å²) in [7, 11) is 0. The number of carbonyl (C=O) groups is 1. The molecule has 0 atom stereocenters. The highest BCUT2D eigenvalue weighted by atomic mass is 16.2. The van der Waals surface area contributed by atoms with Crippen LogP contribution in [0.25, 0.3) is 5.69 Å². The average molecular weight is 374 g/mol. The number of likely N-dealkylation sites (tertiary alicyclic amines) is 1. The van der Waals surface area contributed by atoms with Crippen LogP contribution in [0.15, 0.2) is 61.2 Å². The summed E-state index contributed by atoms with van der Waals surface area (Å²) >= 11 is 0. The summed E-state index contributed by atoms with van der Waals surface area (Å²) in [5, 5.41) is 4.11. The summed E-state index contributed by atoms with van der Waals surface area (Å²) in [6, 6.07) is 16.4. The Labute approximate surface area is 166 Å². The second kappa shape index (κ2) is 8.38. The van der Waals surface area contributed by atoms with Crippen LogP contribution in [0.3, 0.4) is 0 Å². The topological polar surface area (TPSA) is 51.0 Å². The van der Waals surface area contributed by atoms with E-state index < -0.39 is 0 Å². The maximum Gasteiger partial charge on any atom is 0.253 e. The Morgan fingerprint density at radius 2 is 1.75 bits per heavy atom. The Balaban J connectivity index is 1.28. The third-order valence-corrected chi connectivity index (χ3v) is 5.66. The van der Waals surface area contributed by atoms with Gasteiger partial charge in [-0.1, -0.05) is 29.8 Å². The minimum atomic E-state index is 0.127. The van der Waals surface area contributed by atoms with Crippen LogP contribution >= 0.6 is 0 Å². The van der Waals surface area contributed by atoms with E-state index >= 15 is 0 Å². The Morgan fingerprint density at radius 1 is 1.04 bits per heavy atom. The van der Waals surface area contributed by atoms with Crippen LogP contribution in [0.1, 0.15) is 40.7 Å². The van der Waals surface area contributed by atoms with E-state index in [4.69, 9.17) is 0 Å². The highest BCUT2D eigenvalue weighted by molar-refractivity contribution is 5.94. The lowest BCUT2D eigenvalue weighted by Gasteiger charge is -2.32. The van der Waals surface area contributed by atoms with Gasteiger partial charge in [0.2, 0.25) is 0 Å². The summed E-state index contributed by atoms with van der Waals surface area (Å²) in [6.07, 6.45) is 7.67. The molecular weight excluding hydrogens is 348 g/mol. The van der Waals surface area contributed by atoms with Crippen molar-refractivity contribution in [3.63, 3.8) is 0 Å². The molecule has 5 nitrogen and oxygen atoms in total. The lowest BCUT2D eigenvalue weighted by molar-refractivity contribution is 0.0687. The molecule has 28 heavy (non-hydrogen) atoms. The monoisotopic (exact) mass is 374 g/mol. The standard InChI is InChI=1S/C23H26N4O/c1-18-2-4-19(5-3-18)6-7-20-12-14-26(15-13-20)23(28)21-8-10-22(11-9-21)27-17-24-16-25-27/h2-5,8-11,16-17,20H,6-7,12-15H2,1H3. The number of carbonyl (C=O) groups excluding carboxylic acids is 1. The summed E-state index contributed by atoms with van der Waals surface area (Å²) in [6.45, 7) is 3.82. The molecule has 3 aromatic rings. The number of piperidine rings is 1. The molecule has 2 heterocycles. The molecule has 0 radical (unpaired) electrons. The quantitative estimate of drug-likeness (QED) is 0.677. The lowest BCUT2D eigenvalue weighted by Crippen LogP contribution is -2.38. The summed E-state index contributed by atoms with van der Waals surface area (Å²) in [4.78, 5) is 18.8. The van der Waals surface area contributed by atoms with Crippen molar-refractivity contribution in [2.24, 2.45) is 5.92 Å². The number of nitrogens with zero attached hydrogens (tertiary/aromatic N) is 4. The third kappa shape index (κ3) is 4.30. The number of hydrogen-bond acceptors (Lipinski definition) is 3. The van der Waals surface area contributed by atoms with Gasteiger partial charge >= 0.3 is 0 Å². The van der Waals surface area contributed by atoms with E-state index in [1.54, 1.807) is 11.0 Å². The molecule has 0 N–H and O–H groups in total. The van der Waals surface area contributed by atoms with Crippen molar-refractivity contribution < 1.29 is 4.79 Å². The molecule has 1 amide bonds. The van der Waals surface area contributed by atoms with Gasteiger partial charge in [0.15, 0.2) is 0 Å². The van der Waals surface area contributed by atoms with E-state index in [9.17, 15) is 4.79 Å². The van der Waals surface area contributed by atoms with Crippen molar-refractivity contribution in [2.75, 3.05) is 13.1 Å². The van der Waals surface area contributed by atoms with Crippen LogP contribution in [-0.2, 0) is 6.42 Å². The maximum absolute atomic E-state index is 12.8. The maximum atomic E-state index is 12.8. The third-order valence-electron chi connectivity index (χ3n) is 5.66. The van der Waals surface area contributed by atoms with E-state index in [1.807, 2.05) is 29.2 Å². The van der Waals surface area contributed by atoms with Gasteiger partial charge in [0.25, 0.3) is 5.91 Å². The molecule has 0 saturated carbocycles. The zero-order chi connectivity index (χ0) is 19.3. The smallest absolute Gasteiger partial charge is 0.253 e. The molecule has 4 rings (SSSR count). The molecule has 0 bridgehead atoms. The first-order valence-corrected chi connectivity index (χ1v) is 9.99. The molecule has 0 unspecified atom stereocenters. The predicted molar refractivity (Wildman–Crippen MR) is 109 cm³/mol. The van der Waals surface area contributed by atoms with Gasteiger partial charge < -0.3 is 4.90 Å². The molecule has 1 aromatic heterocycles. The normalized spacial score (nSPS) is 15.0. The molecular formula is C23H26N4O. The van der Waals surface area contributed by atoms with Gasteiger partial charge in [0.1, 0.15) is 12.7 Å². The van der Waals surface area contributed by atoms with E-state index in [-0.39, 0.29) is 5.91 Å². The first kappa shape index (κ1) is 18.4. The van der Waals surface area contributed by atoms with Crippen LogP contribution < -0.4 is 0 Å². The Morgan fingerprint density at radius 3 is 2.39 bits per heavy atom. The SMILES string of the molecule is Cc1ccc(CCC2CCN(C(=O)c3ccc(-n4cncn4)cc3)CC2)cc1. The van der Waals surface area contributed by atoms with Gasteiger partial charge in [-0.3, -0.25) is 4.79 Å². The van der Waals surface area contributed by atoms with Gasteiger partial charge in [-0.2, -0.15) is 5.10 Å². The van der Waals surface area contributed by atoms with Crippen LogP contribution in [0.4, 0.5) is 0 Å². The highest BCUT2D eigenvalue weighted by Crippen LogP contribution is 2.24. The van der Waals surface area contributed by atoms with Gasteiger partial charge in [-0.25, -0.2) is 9.67 Å². The molecule has 5 heteroatoms. The van der Waals surface area contributed by atoms with E-state index in [2.05, 4.69) is 41.3 Å². The van der Waals surface area contributed by atoms with Crippen molar-refractivity contribution in [3.8, 4) is 5.69 Å². The number of rotatable bonds is 5. The first-order chi connectivity index (χ1) is 13.7. The number of aromatic nitrogens is 3. The van der Waals surface area contributed by atoms with Crippen molar-refractivity contribution >= 4 is 5.91 Å². The fraction of sp³-hybridized carbons (Fsp3) is 0.348. The number of benzene rings is 2. The van der Waals surface area contributed by atoms with Crippen LogP contribution in [0, 0.1) is 12.8 Å². The van der Waals surface area contributed by atoms with E-state index in [1.165, 1.54) is 23.9 Å². The van der Waals surface area contributed by atoms with Crippen molar-refractivity contribution in [1.82, 2.24) is 19.7 Å². The fourth-order valence-electron chi connectivity index (χ4n) is 3.83. The highest BCUT2D eigenvalue weighted by Gasteiger charge is 2.23. The number of hydrogen-bond donors (Lipinski definition) is 0. The molecule has 1 fully saturated rings. The Kier molecular flexibility index (Phi) is 5.51. The predicted octanol–water partition coefficient (Wildman–Crippen LogP) is 4.06. The second-order valence-electron chi connectivity index (χ2n) is 7.65. The number of aryl methyl sites for hydroxylation is 2. The van der Waals surface area contributed by atoms with Crippen LogP contribution in [0.5, 0.6) is 0 Å². The largest absolute Gasteiger partial charge is 0.339 e. The van der Waals surface area contributed by atoms with E-state index in [0.29, 0.717) is 5.92 Å². The fourth-order valence-corrected chi connectivity index (χ4v) is 3.83. The molecule has 1 aliphatic heterocycles. The molecule has 1 aliphatic rings. The van der Waals surface area contributed by atoms with Crippen molar-refractivity contribution in [3.05, 3.63) is 77.9 Å². The van der Waals surface area contributed by atoms with Crippen molar-refractivity contribution in [1.29, 1.82) is 0 Å². The molecule has 0 aliphatic carbocycles. The second-order valence-corrected chi connectivity index (χ2v) is 7.65. The minimum Gasteiger partial charge on any atom is -0.339 e. The molecule has 1 saturated heterocycles. The Bertz CT molecular complexity index is 893. The summed E-state index contributed by atoms with van der Waals surface area (Å²) < 4.78 is 1.69. The zero-order valence-electron chi connectivity index (χ0n) is 16.3. The van der Waals surface area contributed by atoms with E-state index in [0.717, 1.165) is 43.6 Å². The van der Waals surface area contributed by atoms with Crippen LogP contribution in [0.2, 0.25) is 0 Å². The van der Waals surface area contributed by atoms with Crippen molar-refractivity contribution in [2.45, 2.75) is 32.6 Å². The average Bonchev–Trinajstić information content (AvgIpc) is 3.28. The van der Waals surface area contributed by atoms with Gasteiger partial charge in [-0.15, -0.1) is 0 Å². The molecule has 0 spiro atoms. The van der Waals surface area contributed by atoms with Crippen LogP contribution in [-0.4, -0.2) is 38.7 Å². The van der Waals surface area contributed by atoms with Gasteiger partial charge in [-0.05, 0) is 68.4 Å². The summed E-state index contributed by atoms with van der Waals surface area (Å²) in [5.74, 6) is 0.835. The minimum absolute atomic E-state index is 0.127. The zero-order valence-corrected chi connectivity index (χ0v) is 16.3. The first-order valence-electron chi connectivity index (χ1n) is 9.99. The van der Waals surface area contributed by atoms with Gasteiger partial charge in [0.05, 0.1) is 5.69 Å². The van der Waals surface area contributed by atoms with Gasteiger partial charge in [0, 0.05) is 18.7 Å².